The lowest BCUT2D eigenvalue weighted by Crippen LogP contribution is -2.31. The Morgan fingerprint density at radius 3 is 2.65 bits per heavy atom. The zero-order valence-corrected chi connectivity index (χ0v) is 14.2. The second-order valence-corrected chi connectivity index (χ2v) is 6.79. The molecular formula is C16H26BrN3. The van der Waals surface area contributed by atoms with Crippen LogP contribution in [-0.2, 0) is 6.42 Å². The molecule has 1 saturated heterocycles. The van der Waals surface area contributed by atoms with Crippen molar-refractivity contribution in [2.45, 2.75) is 32.2 Å². The normalized spacial score (nSPS) is 17.4. The van der Waals surface area contributed by atoms with Crippen molar-refractivity contribution in [3.05, 3.63) is 28.2 Å². The predicted molar refractivity (Wildman–Crippen MR) is 90.4 cm³/mol. The van der Waals surface area contributed by atoms with Crippen LogP contribution in [0.15, 0.2) is 22.7 Å². The highest BCUT2D eigenvalue weighted by Gasteiger charge is 2.13. The molecule has 0 bridgehead atoms. The first-order valence-corrected chi connectivity index (χ1v) is 8.33. The number of likely N-dealkylation sites (tertiary alicyclic amines) is 1. The molecule has 1 aromatic rings. The van der Waals surface area contributed by atoms with E-state index in [0.29, 0.717) is 0 Å². The number of halogens is 1. The van der Waals surface area contributed by atoms with Gasteiger partial charge in [0.05, 0.1) is 5.69 Å². The molecule has 1 heterocycles. The van der Waals surface area contributed by atoms with Crippen molar-refractivity contribution in [1.29, 1.82) is 0 Å². The predicted octanol–water partition coefficient (Wildman–Crippen LogP) is 2.87. The number of likely N-dealkylation sites (N-methyl/N-ethyl adjacent to an activating group) is 1. The molecule has 1 atom stereocenters. The lowest BCUT2D eigenvalue weighted by atomic mass is 10.1. The van der Waals surface area contributed by atoms with Gasteiger partial charge in [0, 0.05) is 30.7 Å². The number of hydrogen-bond donors (Lipinski definition) is 1. The van der Waals surface area contributed by atoms with Crippen LogP contribution in [0.1, 0.15) is 25.3 Å². The molecule has 1 fully saturated rings. The third-order valence-electron chi connectivity index (χ3n) is 3.93. The van der Waals surface area contributed by atoms with Gasteiger partial charge in [-0.3, -0.25) is 0 Å². The van der Waals surface area contributed by atoms with Crippen LogP contribution in [0.5, 0.6) is 0 Å². The van der Waals surface area contributed by atoms with Gasteiger partial charge in [-0.1, -0.05) is 6.07 Å². The average Bonchev–Trinajstić information content (AvgIpc) is 2.88. The van der Waals surface area contributed by atoms with E-state index in [1.807, 2.05) is 6.92 Å². The van der Waals surface area contributed by atoms with Gasteiger partial charge >= 0.3 is 0 Å². The molecule has 1 aliphatic heterocycles. The molecule has 0 spiro atoms. The van der Waals surface area contributed by atoms with Crippen molar-refractivity contribution < 1.29 is 0 Å². The van der Waals surface area contributed by atoms with Crippen molar-refractivity contribution in [1.82, 2.24) is 4.90 Å². The van der Waals surface area contributed by atoms with Crippen molar-refractivity contribution in [2.75, 3.05) is 38.1 Å². The second kappa shape index (κ2) is 7.43. The number of nitrogens with two attached hydrogens (primary N) is 1. The van der Waals surface area contributed by atoms with Crippen molar-refractivity contribution >= 4 is 21.6 Å². The van der Waals surface area contributed by atoms with Gasteiger partial charge in [0.2, 0.25) is 0 Å². The van der Waals surface area contributed by atoms with E-state index in [2.05, 4.69) is 51.0 Å². The highest BCUT2D eigenvalue weighted by atomic mass is 79.9. The Kier molecular flexibility index (Phi) is 5.87. The first-order valence-electron chi connectivity index (χ1n) is 7.54. The van der Waals surface area contributed by atoms with E-state index in [0.717, 1.165) is 19.5 Å². The summed E-state index contributed by atoms with van der Waals surface area (Å²) in [6.45, 7) is 6.81. The van der Waals surface area contributed by atoms with Crippen LogP contribution >= 0.6 is 15.9 Å². The lowest BCUT2D eigenvalue weighted by Gasteiger charge is -2.24. The molecule has 0 aromatic heterocycles. The van der Waals surface area contributed by atoms with Crippen LogP contribution in [0.2, 0.25) is 0 Å². The fourth-order valence-corrected chi connectivity index (χ4v) is 3.51. The van der Waals surface area contributed by atoms with Gasteiger partial charge in [-0.05, 0) is 72.9 Å². The second-order valence-electron chi connectivity index (χ2n) is 5.94. The maximum Gasteiger partial charge on any atom is 0.0508 e. The Balaban J connectivity index is 1.93. The SMILES string of the molecule is CC(N)Cc1ccc(N(C)CCN2CCCC2)c(Br)c1. The molecule has 1 unspecified atom stereocenters. The molecule has 2 rings (SSSR count). The standard InChI is InChI=1S/C16H26BrN3/c1-13(18)11-14-5-6-16(15(17)12-14)19(2)9-10-20-7-3-4-8-20/h5-6,12-13H,3-4,7-11,18H2,1-2H3. The number of hydrogen-bond acceptors (Lipinski definition) is 3. The van der Waals surface area contributed by atoms with Crippen molar-refractivity contribution in [2.24, 2.45) is 5.73 Å². The quantitative estimate of drug-likeness (QED) is 0.864. The van der Waals surface area contributed by atoms with Gasteiger partial charge in [-0.2, -0.15) is 0 Å². The zero-order chi connectivity index (χ0) is 14.5. The topological polar surface area (TPSA) is 32.5 Å². The van der Waals surface area contributed by atoms with Crippen molar-refractivity contribution in [3.8, 4) is 0 Å². The first-order chi connectivity index (χ1) is 9.56. The molecule has 2 N–H and O–H groups in total. The molecule has 1 aliphatic rings. The summed E-state index contributed by atoms with van der Waals surface area (Å²) in [5.41, 5.74) is 8.42. The monoisotopic (exact) mass is 339 g/mol. The number of anilines is 1. The van der Waals surface area contributed by atoms with Gasteiger partial charge in [-0.15, -0.1) is 0 Å². The minimum absolute atomic E-state index is 0.209. The van der Waals surface area contributed by atoms with Crippen LogP contribution in [0, 0.1) is 0 Å². The van der Waals surface area contributed by atoms with Gasteiger partial charge in [0.15, 0.2) is 0 Å². The van der Waals surface area contributed by atoms with Gasteiger partial charge < -0.3 is 15.5 Å². The summed E-state index contributed by atoms with van der Waals surface area (Å²) in [5, 5.41) is 0. The van der Waals surface area contributed by atoms with Gasteiger partial charge in [0.1, 0.15) is 0 Å². The Bertz CT molecular complexity index is 428. The third kappa shape index (κ3) is 4.47. The fraction of sp³-hybridized carbons (Fsp3) is 0.625. The Labute approximate surface area is 131 Å². The molecule has 20 heavy (non-hydrogen) atoms. The molecular weight excluding hydrogens is 314 g/mol. The highest BCUT2D eigenvalue weighted by Crippen LogP contribution is 2.27. The van der Waals surface area contributed by atoms with E-state index in [1.165, 1.54) is 41.7 Å². The number of nitrogens with zero attached hydrogens (tertiary/aromatic N) is 2. The summed E-state index contributed by atoms with van der Waals surface area (Å²) < 4.78 is 1.17. The van der Waals surface area contributed by atoms with E-state index in [1.54, 1.807) is 0 Å². The molecule has 0 aliphatic carbocycles. The van der Waals surface area contributed by atoms with Crippen LogP contribution in [0.25, 0.3) is 0 Å². The summed E-state index contributed by atoms with van der Waals surface area (Å²) in [6.07, 6.45) is 3.65. The maximum absolute atomic E-state index is 5.86. The Morgan fingerprint density at radius 1 is 1.35 bits per heavy atom. The Morgan fingerprint density at radius 2 is 2.05 bits per heavy atom. The minimum Gasteiger partial charge on any atom is -0.372 e. The Hall–Kier alpha value is -0.580. The molecule has 0 radical (unpaired) electrons. The van der Waals surface area contributed by atoms with E-state index in [-0.39, 0.29) is 6.04 Å². The molecule has 0 saturated carbocycles. The summed E-state index contributed by atoms with van der Waals surface area (Å²) in [6, 6.07) is 6.80. The van der Waals surface area contributed by atoms with Gasteiger partial charge in [0.25, 0.3) is 0 Å². The summed E-state index contributed by atoms with van der Waals surface area (Å²) in [5.74, 6) is 0. The summed E-state index contributed by atoms with van der Waals surface area (Å²) >= 11 is 3.70. The van der Waals surface area contributed by atoms with E-state index in [9.17, 15) is 0 Å². The molecule has 3 nitrogen and oxygen atoms in total. The number of rotatable bonds is 6. The molecule has 1 aromatic carbocycles. The fourth-order valence-electron chi connectivity index (χ4n) is 2.78. The van der Waals surface area contributed by atoms with E-state index < -0.39 is 0 Å². The zero-order valence-electron chi connectivity index (χ0n) is 12.6. The molecule has 112 valence electrons. The molecule has 4 heteroatoms. The summed E-state index contributed by atoms with van der Waals surface area (Å²) in [4.78, 5) is 4.88. The minimum atomic E-state index is 0.209. The van der Waals surface area contributed by atoms with E-state index in [4.69, 9.17) is 5.73 Å². The first kappa shape index (κ1) is 15.8. The smallest absolute Gasteiger partial charge is 0.0508 e. The van der Waals surface area contributed by atoms with Crippen LogP contribution in [0.3, 0.4) is 0 Å². The van der Waals surface area contributed by atoms with Crippen LogP contribution < -0.4 is 10.6 Å². The van der Waals surface area contributed by atoms with Gasteiger partial charge in [-0.25, -0.2) is 0 Å². The van der Waals surface area contributed by atoms with Crippen molar-refractivity contribution in [3.63, 3.8) is 0 Å². The number of benzene rings is 1. The van der Waals surface area contributed by atoms with Crippen LogP contribution in [-0.4, -0.2) is 44.2 Å². The van der Waals surface area contributed by atoms with Crippen LogP contribution in [0.4, 0.5) is 5.69 Å². The van der Waals surface area contributed by atoms with E-state index >= 15 is 0 Å². The molecule has 0 amide bonds. The maximum atomic E-state index is 5.86. The summed E-state index contributed by atoms with van der Waals surface area (Å²) in [7, 11) is 2.17. The average molecular weight is 340 g/mol. The largest absolute Gasteiger partial charge is 0.372 e. The third-order valence-corrected chi connectivity index (χ3v) is 4.57. The highest BCUT2D eigenvalue weighted by molar-refractivity contribution is 9.10. The lowest BCUT2D eigenvalue weighted by molar-refractivity contribution is 0.346.